The van der Waals surface area contributed by atoms with Crippen LogP contribution in [0.1, 0.15) is 56.7 Å². The average molecular weight is 486 g/mol. The van der Waals surface area contributed by atoms with Crippen LogP contribution in [0.5, 0.6) is 5.75 Å². The molecule has 4 rings (SSSR count). The largest absolute Gasteiger partial charge is 0.487 e. The minimum atomic E-state index is -3.06. The Hall–Kier alpha value is -2.54. The number of aryl methyl sites for hydroxylation is 2. The molecule has 0 aromatic heterocycles. The Morgan fingerprint density at radius 3 is 2.32 bits per heavy atom. The maximum atomic E-state index is 12.4. The van der Waals surface area contributed by atoms with E-state index in [-0.39, 0.29) is 17.4 Å². The number of ether oxygens (including phenoxy) is 2. The van der Waals surface area contributed by atoms with Gasteiger partial charge in [-0.05, 0) is 80.5 Å². The standard InChI is InChI=1S/C27H35NO5S/c1-19-16-20(6-7-23(19)18-34(5,30)31)21-8-9-24-22(17-21)10-11-27(32-24)12-14-28(15-13-27)25(29)33-26(2,3)4/h6-9,16-17H,10-15,18H2,1-5H3. The van der Waals surface area contributed by atoms with E-state index in [4.69, 9.17) is 9.47 Å². The van der Waals surface area contributed by atoms with E-state index in [1.165, 1.54) is 11.8 Å². The lowest BCUT2D eigenvalue weighted by molar-refractivity contribution is -0.0272. The van der Waals surface area contributed by atoms with Crippen LogP contribution in [0, 0.1) is 6.92 Å². The summed E-state index contributed by atoms with van der Waals surface area (Å²) in [6.45, 7) is 8.90. The topological polar surface area (TPSA) is 72.9 Å². The normalized spacial score (nSPS) is 17.7. The smallest absolute Gasteiger partial charge is 0.410 e. The Morgan fingerprint density at radius 1 is 1.06 bits per heavy atom. The molecule has 7 heteroatoms. The highest BCUT2D eigenvalue weighted by Gasteiger charge is 2.41. The summed E-state index contributed by atoms with van der Waals surface area (Å²) in [6, 6.07) is 12.3. The van der Waals surface area contributed by atoms with Crippen molar-refractivity contribution in [1.29, 1.82) is 0 Å². The van der Waals surface area contributed by atoms with Gasteiger partial charge in [-0.2, -0.15) is 0 Å². The van der Waals surface area contributed by atoms with Crippen LogP contribution in [0.15, 0.2) is 36.4 Å². The molecule has 0 aliphatic carbocycles. The lowest BCUT2D eigenvalue weighted by atomic mass is 9.82. The summed E-state index contributed by atoms with van der Waals surface area (Å²) in [7, 11) is -3.06. The summed E-state index contributed by atoms with van der Waals surface area (Å²) in [6.07, 6.45) is 4.47. The van der Waals surface area contributed by atoms with Gasteiger partial charge in [0.25, 0.3) is 0 Å². The molecule has 2 heterocycles. The Morgan fingerprint density at radius 2 is 1.71 bits per heavy atom. The van der Waals surface area contributed by atoms with Crippen molar-refractivity contribution >= 4 is 15.9 Å². The lowest BCUT2D eigenvalue weighted by Gasteiger charge is -2.44. The van der Waals surface area contributed by atoms with Crippen molar-refractivity contribution in [2.24, 2.45) is 0 Å². The van der Waals surface area contributed by atoms with Gasteiger partial charge in [0.15, 0.2) is 9.84 Å². The summed E-state index contributed by atoms with van der Waals surface area (Å²) >= 11 is 0. The van der Waals surface area contributed by atoms with Crippen LogP contribution in [0.2, 0.25) is 0 Å². The predicted molar refractivity (Wildman–Crippen MR) is 134 cm³/mol. The lowest BCUT2D eigenvalue weighted by Crippen LogP contribution is -2.52. The quantitative estimate of drug-likeness (QED) is 0.590. The summed E-state index contributed by atoms with van der Waals surface area (Å²) < 4.78 is 35.4. The molecule has 0 radical (unpaired) electrons. The van der Waals surface area contributed by atoms with Gasteiger partial charge in [-0.1, -0.05) is 24.3 Å². The van der Waals surface area contributed by atoms with E-state index < -0.39 is 15.4 Å². The third kappa shape index (κ3) is 5.74. The van der Waals surface area contributed by atoms with E-state index in [0.29, 0.717) is 13.1 Å². The number of rotatable bonds is 3. The molecular formula is C27H35NO5S. The maximum absolute atomic E-state index is 12.4. The molecular weight excluding hydrogens is 450 g/mol. The molecule has 0 bridgehead atoms. The molecule has 0 N–H and O–H groups in total. The molecule has 6 nitrogen and oxygen atoms in total. The van der Waals surface area contributed by atoms with Crippen LogP contribution >= 0.6 is 0 Å². The molecule has 1 spiro atoms. The number of sulfone groups is 1. The molecule has 2 aromatic rings. The summed E-state index contributed by atoms with van der Waals surface area (Å²) in [5, 5.41) is 0. The van der Waals surface area contributed by atoms with Crippen molar-refractivity contribution in [2.75, 3.05) is 19.3 Å². The second-order valence-corrected chi connectivity index (χ2v) is 12.9. The van der Waals surface area contributed by atoms with Gasteiger partial charge in [0, 0.05) is 32.2 Å². The van der Waals surface area contributed by atoms with E-state index >= 15 is 0 Å². The van der Waals surface area contributed by atoms with Gasteiger partial charge >= 0.3 is 6.09 Å². The molecule has 1 fully saturated rings. The predicted octanol–water partition coefficient (Wildman–Crippen LogP) is 5.30. The molecule has 0 saturated carbocycles. The van der Waals surface area contributed by atoms with Gasteiger partial charge < -0.3 is 14.4 Å². The molecule has 2 aliphatic rings. The fraction of sp³-hybridized carbons (Fsp3) is 0.519. The molecule has 2 aromatic carbocycles. The number of amides is 1. The minimum Gasteiger partial charge on any atom is -0.487 e. The van der Waals surface area contributed by atoms with Crippen molar-refractivity contribution in [3.05, 3.63) is 53.1 Å². The summed E-state index contributed by atoms with van der Waals surface area (Å²) in [5.74, 6) is 0.982. The Labute approximate surface area is 203 Å². The molecule has 2 aliphatic heterocycles. The van der Waals surface area contributed by atoms with Gasteiger partial charge in [-0.25, -0.2) is 13.2 Å². The summed E-state index contributed by atoms with van der Waals surface area (Å²) in [5.41, 5.74) is 4.47. The zero-order chi connectivity index (χ0) is 24.7. The monoisotopic (exact) mass is 485 g/mol. The second-order valence-electron chi connectivity index (χ2n) is 10.8. The van der Waals surface area contributed by atoms with Crippen LogP contribution in [0.3, 0.4) is 0 Å². The second kappa shape index (κ2) is 8.91. The van der Waals surface area contributed by atoms with Crippen LogP contribution in [-0.2, 0) is 26.7 Å². The first kappa shape index (κ1) is 24.6. The van der Waals surface area contributed by atoms with Crippen molar-refractivity contribution in [3.63, 3.8) is 0 Å². The fourth-order valence-electron chi connectivity index (χ4n) is 4.80. The SMILES string of the molecule is Cc1cc(-c2ccc3c(c2)CCC2(CCN(C(=O)OC(C)(C)C)CC2)O3)ccc1CS(C)(=O)=O. The van der Waals surface area contributed by atoms with Crippen molar-refractivity contribution in [2.45, 2.75) is 70.3 Å². The zero-order valence-corrected chi connectivity index (χ0v) is 21.6. The van der Waals surface area contributed by atoms with Crippen LogP contribution in [0.4, 0.5) is 4.79 Å². The molecule has 184 valence electrons. The number of carbonyl (C=O) groups is 1. The zero-order valence-electron chi connectivity index (χ0n) is 20.8. The Balaban J connectivity index is 1.44. The van der Waals surface area contributed by atoms with E-state index in [2.05, 4.69) is 18.2 Å². The highest BCUT2D eigenvalue weighted by Crippen LogP contribution is 2.41. The number of hydrogen-bond donors (Lipinski definition) is 0. The Bertz CT molecular complexity index is 1190. The highest BCUT2D eigenvalue weighted by atomic mass is 32.2. The molecule has 34 heavy (non-hydrogen) atoms. The fourth-order valence-corrected chi connectivity index (χ4v) is 5.68. The van der Waals surface area contributed by atoms with Crippen LogP contribution in [-0.4, -0.2) is 50.0 Å². The van der Waals surface area contributed by atoms with Crippen molar-refractivity contribution in [1.82, 2.24) is 4.90 Å². The molecule has 1 saturated heterocycles. The number of nitrogens with zero attached hydrogens (tertiary/aromatic N) is 1. The van der Waals surface area contributed by atoms with E-state index in [1.54, 1.807) is 4.90 Å². The number of piperidine rings is 1. The van der Waals surface area contributed by atoms with Gasteiger partial charge in [0.05, 0.1) is 5.75 Å². The highest BCUT2D eigenvalue weighted by molar-refractivity contribution is 7.89. The van der Waals surface area contributed by atoms with Gasteiger partial charge in [-0.3, -0.25) is 0 Å². The first-order valence-electron chi connectivity index (χ1n) is 11.9. The molecule has 1 amide bonds. The number of benzene rings is 2. The maximum Gasteiger partial charge on any atom is 0.410 e. The minimum absolute atomic E-state index is 0.0601. The summed E-state index contributed by atoms with van der Waals surface area (Å²) in [4.78, 5) is 14.2. The van der Waals surface area contributed by atoms with Gasteiger partial charge in [0.2, 0.25) is 0 Å². The number of carbonyl (C=O) groups excluding carboxylic acids is 1. The van der Waals surface area contributed by atoms with Gasteiger partial charge in [-0.15, -0.1) is 0 Å². The molecule has 0 atom stereocenters. The van der Waals surface area contributed by atoms with Gasteiger partial charge in [0.1, 0.15) is 17.0 Å². The van der Waals surface area contributed by atoms with E-state index in [9.17, 15) is 13.2 Å². The Kier molecular flexibility index (Phi) is 6.44. The third-order valence-corrected chi connectivity index (χ3v) is 7.49. The third-order valence-electron chi connectivity index (χ3n) is 6.66. The average Bonchev–Trinajstić information content (AvgIpc) is 2.73. The number of fused-ring (bicyclic) bond motifs is 1. The van der Waals surface area contributed by atoms with Crippen LogP contribution in [0.25, 0.3) is 11.1 Å². The number of hydrogen-bond acceptors (Lipinski definition) is 5. The van der Waals surface area contributed by atoms with E-state index in [0.717, 1.165) is 53.7 Å². The first-order chi connectivity index (χ1) is 15.8. The van der Waals surface area contributed by atoms with E-state index in [1.807, 2.05) is 45.9 Å². The van der Waals surface area contributed by atoms with Crippen molar-refractivity contribution in [3.8, 4) is 16.9 Å². The van der Waals surface area contributed by atoms with Crippen LogP contribution < -0.4 is 4.74 Å². The number of likely N-dealkylation sites (tertiary alicyclic amines) is 1. The van der Waals surface area contributed by atoms with Crippen molar-refractivity contribution < 1.29 is 22.7 Å². The molecule has 0 unspecified atom stereocenters. The first-order valence-corrected chi connectivity index (χ1v) is 14.0.